The molecule has 4 atom stereocenters. The number of carbonyl (C=O) groups is 1. The molecule has 4 unspecified atom stereocenters. The average Bonchev–Trinajstić information content (AvgIpc) is 3.12. The molecule has 0 aromatic carbocycles. The van der Waals surface area contributed by atoms with E-state index in [0.29, 0.717) is 17.2 Å². The molecule has 3 fully saturated rings. The predicted molar refractivity (Wildman–Crippen MR) is 106 cm³/mol. The third-order valence-electron chi connectivity index (χ3n) is 6.58. The van der Waals surface area contributed by atoms with Crippen molar-refractivity contribution in [1.82, 2.24) is 29.9 Å². The van der Waals surface area contributed by atoms with E-state index in [1.54, 1.807) is 18.6 Å². The maximum Gasteiger partial charge on any atom is 0.417 e. The minimum absolute atomic E-state index is 0.0249. The van der Waals surface area contributed by atoms with Crippen LogP contribution in [-0.4, -0.2) is 59.9 Å². The molecule has 3 aliphatic heterocycles. The lowest BCUT2D eigenvalue weighted by Crippen LogP contribution is -2.43. The number of carbonyl (C=O) groups excluding carboxylic acids is 1. The smallest absolute Gasteiger partial charge is 0.342 e. The van der Waals surface area contributed by atoms with E-state index in [-0.39, 0.29) is 30.1 Å². The molecule has 1 amide bonds. The predicted octanol–water partition coefficient (Wildman–Crippen LogP) is 2.63. The van der Waals surface area contributed by atoms with Gasteiger partial charge in [-0.2, -0.15) is 23.4 Å². The van der Waals surface area contributed by atoms with Gasteiger partial charge in [-0.05, 0) is 43.5 Å². The number of fused-ring (bicyclic) bond motifs is 5. The largest absolute Gasteiger partial charge is 0.417 e. The number of aryl methyl sites for hydroxylation is 1. The number of aromatic nitrogens is 5. The molecule has 8 nitrogen and oxygen atoms in total. The van der Waals surface area contributed by atoms with Gasteiger partial charge in [-0.3, -0.25) is 4.79 Å². The molecule has 0 radical (unpaired) electrons. The molecule has 0 N–H and O–H groups in total. The summed E-state index contributed by atoms with van der Waals surface area (Å²) in [5, 5.41) is 8.30. The first kappa shape index (κ1) is 19.2. The molecule has 3 aromatic heterocycles. The van der Waals surface area contributed by atoms with Crippen LogP contribution in [0.15, 0.2) is 43.0 Å². The molecule has 0 spiro atoms. The highest BCUT2D eigenvalue weighted by Gasteiger charge is 2.69. The third kappa shape index (κ3) is 2.73. The fraction of sp³-hybridized carbons (Fsp3) is 0.381. The van der Waals surface area contributed by atoms with E-state index in [2.05, 4.69) is 20.2 Å². The molecule has 0 aliphatic carbocycles. The zero-order valence-corrected chi connectivity index (χ0v) is 16.9. The van der Waals surface area contributed by atoms with Gasteiger partial charge >= 0.3 is 6.18 Å². The average molecular weight is 441 g/mol. The fourth-order valence-corrected chi connectivity index (χ4v) is 5.28. The van der Waals surface area contributed by atoms with Crippen LogP contribution in [0, 0.1) is 6.92 Å². The topological polar surface area (TPSA) is 79.8 Å². The van der Waals surface area contributed by atoms with E-state index in [9.17, 15) is 18.0 Å². The first-order valence-corrected chi connectivity index (χ1v) is 10.3. The number of anilines is 1. The van der Waals surface area contributed by atoms with Gasteiger partial charge in [0.25, 0.3) is 5.91 Å². The molecule has 2 bridgehead atoms. The summed E-state index contributed by atoms with van der Waals surface area (Å²) in [6.45, 7) is 1.89. The van der Waals surface area contributed by atoms with Crippen LogP contribution in [-0.2, 0) is 6.18 Å². The first-order valence-electron chi connectivity index (χ1n) is 10.3. The van der Waals surface area contributed by atoms with Crippen LogP contribution < -0.4 is 4.90 Å². The summed E-state index contributed by atoms with van der Waals surface area (Å²) in [5.74, 6) is 0.351. The molecule has 32 heavy (non-hydrogen) atoms. The summed E-state index contributed by atoms with van der Waals surface area (Å²) in [6, 6.07) is 4.39. The first-order chi connectivity index (χ1) is 15.3. The Labute approximate surface area is 180 Å². The highest BCUT2D eigenvalue weighted by atomic mass is 19.4. The van der Waals surface area contributed by atoms with Crippen molar-refractivity contribution in [2.45, 2.75) is 50.1 Å². The van der Waals surface area contributed by atoms with E-state index < -0.39 is 11.7 Å². The van der Waals surface area contributed by atoms with Gasteiger partial charge in [0.1, 0.15) is 11.5 Å². The number of hydrogen-bond donors (Lipinski definition) is 0. The van der Waals surface area contributed by atoms with Gasteiger partial charge in [-0.25, -0.2) is 9.97 Å². The second kappa shape index (κ2) is 6.50. The molecule has 3 saturated heterocycles. The second-order valence-electron chi connectivity index (χ2n) is 8.41. The van der Waals surface area contributed by atoms with E-state index in [1.807, 2.05) is 22.8 Å². The standard InChI is InChI=1S/C21H18F3N7O/c1-11-8-15(31-27-6-7-28-31)17(26-9-11)20(32)29-13-3-4-14(29)19-18(13)30(19)16-5-2-12(10-25-16)21(22,23)24/h2,5-10,13-14,18-19H,3-4H2,1H3. The number of amides is 1. The Morgan fingerprint density at radius 1 is 1.03 bits per heavy atom. The van der Waals surface area contributed by atoms with Crippen LogP contribution in [0.2, 0.25) is 0 Å². The van der Waals surface area contributed by atoms with Gasteiger partial charge in [0.2, 0.25) is 0 Å². The molecule has 11 heteroatoms. The summed E-state index contributed by atoms with van der Waals surface area (Å²) in [4.78, 5) is 27.3. The van der Waals surface area contributed by atoms with Crippen LogP contribution in [0.25, 0.3) is 5.69 Å². The van der Waals surface area contributed by atoms with Gasteiger partial charge in [0.05, 0.1) is 42.1 Å². The van der Waals surface area contributed by atoms with Crippen molar-refractivity contribution in [2.75, 3.05) is 4.90 Å². The van der Waals surface area contributed by atoms with Gasteiger partial charge in [-0.1, -0.05) is 0 Å². The minimum Gasteiger partial charge on any atom is -0.342 e. The van der Waals surface area contributed by atoms with Crippen LogP contribution in [0.4, 0.5) is 19.0 Å². The van der Waals surface area contributed by atoms with Crippen molar-refractivity contribution >= 4 is 11.7 Å². The number of pyridine rings is 2. The maximum atomic E-state index is 13.5. The van der Waals surface area contributed by atoms with Crippen LogP contribution >= 0.6 is 0 Å². The second-order valence-corrected chi connectivity index (χ2v) is 8.41. The Hall–Kier alpha value is -3.50. The molecule has 6 heterocycles. The number of alkyl halides is 3. The molecular formula is C21H18F3N7O. The molecule has 0 saturated carbocycles. The lowest BCUT2D eigenvalue weighted by Gasteiger charge is -2.28. The van der Waals surface area contributed by atoms with E-state index in [1.165, 1.54) is 10.9 Å². The van der Waals surface area contributed by atoms with E-state index in [4.69, 9.17) is 0 Å². The van der Waals surface area contributed by atoms with Crippen LogP contribution in [0.5, 0.6) is 0 Å². The highest BCUT2D eigenvalue weighted by molar-refractivity contribution is 5.97. The molecular weight excluding hydrogens is 423 g/mol. The summed E-state index contributed by atoms with van der Waals surface area (Å²) in [7, 11) is 0. The van der Waals surface area contributed by atoms with Crippen molar-refractivity contribution in [1.29, 1.82) is 0 Å². The van der Waals surface area contributed by atoms with Gasteiger partial charge in [0, 0.05) is 12.4 Å². The third-order valence-corrected chi connectivity index (χ3v) is 6.58. The minimum atomic E-state index is -4.41. The van der Waals surface area contributed by atoms with E-state index in [0.717, 1.165) is 30.7 Å². The van der Waals surface area contributed by atoms with Crippen molar-refractivity contribution in [2.24, 2.45) is 0 Å². The SMILES string of the molecule is Cc1cnc(C(=O)N2C3CCC2C2C3N2c2ccc(C(F)(F)F)cn2)c(-n2nccn2)c1. The van der Waals surface area contributed by atoms with Crippen LogP contribution in [0.1, 0.15) is 34.5 Å². The Kier molecular flexibility index (Phi) is 3.90. The van der Waals surface area contributed by atoms with Gasteiger partial charge in [-0.15, -0.1) is 4.80 Å². The normalized spacial score (nSPS) is 25.9. The molecule has 3 aromatic rings. The highest BCUT2D eigenvalue weighted by Crippen LogP contribution is 2.54. The number of piperazine rings is 1. The molecule has 3 aliphatic rings. The summed E-state index contributed by atoms with van der Waals surface area (Å²) in [6.07, 6.45) is 2.88. The summed E-state index contributed by atoms with van der Waals surface area (Å²) < 4.78 is 38.5. The Balaban J connectivity index is 1.27. The monoisotopic (exact) mass is 441 g/mol. The van der Waals surface area contributed by atoms with Crippen LogP contribution in [0.3, 0.4) is 0 Å². The zero-order valence-electron chi connectivity index (χ0n) is 16.9. The lowest BCUT2D eigenvalue weighted by molar-refractivity contribution is -0.137. The van der Waals surface area contributed by atoms with Gasteiger partial charge in [0.15, 0.2) is 5.69 Å². The summed E-state index contributed by atoms with van der Waals surface area (Å²) in [5.41, 5.74) is 0.948. The number of nitrogens with zero attached hydrogens (tertiary/aromatic N) is 7. The number of rotatable bonds is 3. The number of hydrogen-bond acceptors (Lipinski definition) is 6. The van der Waals surface area contributed by atoms with Crippen molar-refractivity contribution in [3.8, 4) is 5.69 Å². The Bertz CT molecular complexity index is 1180. The lowest BCUT2D eigenvalue weighted by atomic mass is 10.0. The molecule has 164 valence electrons. The molecule has 6 rings (SSSR count). The quantitative estimate of drug-likeness (QED) is 0.582. The van der Waals surface area contributed by atoms with E-state index >= 15 is 0 Å². The van der Waals surface area contributed by atoms with Crippen molar-refractivity contribution in [3.63, 3.8) is 0 Å². The maximum absolute atomic E-state index is 13.5. The summed E-state index contributed by atoms with van der Waals surface area (Å²) >= 11 is 0. The zero-order chi connectivity index (χ0) is 22.2. The Morgan fingerprint density at radius 2 is 1.72 bits per heavy atom. The Morgan fingerprint density at radius 3 is 2.31 bits per heavy atom. The van der Waals surface area contributed by atoms with Gasteiger partial charge < -0.3 is 9.80 Å². The fourth-order valence-electron chi connectivity index (χ4n) is 5.28. The van der Waals surface area contributed by atoms with Crippen molar-refractivity contribution in [3.05, 3.63) is 59.8 Å². The number of halogens is 3. The van der Waals surface area contributed by atoms with Crippen molar-refractivity contribution < 1.29 is 18.0 Å².